The van der Waals surface area contributed by atoms with Gasteiger partial charge in [-0.15, -0.1) is 0 Å². The minimum atomic E-state index is -0.820. The zero-order valence-corrected chi connectivity index (χ0v) is 11.8. The summed E-state index contributed by atoms with van der Waals surface area (Å²) in [7, 11) is 0. The van der Waals surface area contributed by atoms with E-state index in [-0.39, 0.29) is 6.61 Å². The van der Waals surface area contributed by atoms with Crippen LogP contribution in [0.1, 0.15) is 47.2 Å². The van der Waals surface area contributed by atoms with Crippen LogP contribution in [0.15, 0.2) is 18.2 Å². The van der Waals surface area contributed by atoms with Crippen LogP contribution in [0.2, 0.25) is 0 Å². The fraction of sp³-hybridized carbons (Fsp3) is 0.562. The molecule has 1 aliphatic heterocycles. The highest BCUT2D eigenvalue weighted by atomic mass is 16.4. The molecule has 0 saturated heterocycles. The van der Waals surface area contributed by atoms with Crippen LogP contribution in [0.4, 0.5) is 0 Å². The number of hydrogen-bond donors (Lipinski definition) is 2. The summed E-state index contributed by atoms with van der Waals surface area (Å²) in [4.78, 5) is 13.6. The number of aromatic carboxylic acids is 1. The minimum Gasteiger partial charge on any atom is -0.478 e. The molecule has 2 rings (SSSR count). The molecule has 4 nitrogen and oxygen atoms in total. The van der Waals surface area contributed by atoms with Gasteiger partial charge in [0.05, 0.1) is 5.56 Å². The molecular weight excluding hydrogens is 254 g/mol. The fourth-order valence-electron chi connectivity index (χ4n) is 2.86. The Morgan fingerprint density at radius 1 is 1.20 bits per heavy atom. The van der Waals surface area contributed by atoms with Crippen LogP contribution in [-0.4, -0.2) is 40.8 Å². The van der Waals surface area contributed by atoms with Crippen molar-refractivity contribution in [2.24, 2.45) is 0 Å². The predicted molar refractivity (Wildman–Crippen MR) is 77.9 cm³/mol. The number of carboxylic acids is 1. The summed E-state index contributed by atoms with van der Waals surface area (Å²) in [5.74, 6) is -0.820. The Bertz CT molecular complexity index is 459. The molecule has 110 valence electrons. The molecule has 0 amide bonds. The number of rotatable bonds is 7. The number of aliphatic hydroxyl groups excluding tert-OH is 1. The molecule has 1 aliphatic rings. The Labute approximate surface area is 120 Å². The summed E-state index contributed by atoms with van der Waals surface area (Å²) >= 11 is 0. The molecular formula is C16H23NO3. The lowest BCUT2D eigenvalue weighted by Gasteiger charge is -2.29. The Hall–Kier alpha value is -1.39. The van der Waals surface area contributed by atoms with Crippen LogP contribution in [0, 0.1) is 0 Å². The van der Waals surface area contributed by atoms with Gasteiger partial charge in [-0.1, -0.05) is 25.0 Å². The number of benzene rings is 1. The average Bonchev–Trinajstić information content (AvgIpc) is 2.46. The van der Waals surface area contributed by atoms with Crippen molar-refractivity contribution in [3.8, 4) is 0 Å². The molecule has 0 aromatic heterocycles. The van der Waals surface area contributed by atoms with Gasteiger partial charge in [0.25, 0.3) is 0 Å². The van der Waals surface area contributed by atoms with E-state index in [1.54, 1.807) is 6.07 Å². The van der Waals surface area contributed by atoms with Crippen molar-refractivity contribution in [1.82, 2.24) is 4.90 Å². The van der Waals surface area contributed by atoms with E-state index in [1.165, 1.54) is 0 Å². The van der Waals surface area contributed by atoms with Gasteiger partial charge in [0.15, 0.2) is 0 Å². The van der Waals surface area contributed by atoms with Crippen LogP contribution in [-0.2, 0) is 13.0 Å². The molecule has 2 N–H and O–H groups in total. The van der Waals surface area contributed by atoms with Gasteiger partial charge in [-0.25, -0.2) is 4.79 Å². The third kappa shape index (κ3) is 3.81. The number of carboxylic acid groups (broad SMARTS) is 1. The number of carbonyl (C=O) groups is 1. The monoisotopic (exact) mass is 277 g/mol. The molecule has 1 aromatic carbocycles. The van der Waals surface area contributed by atoms with Gasteiger partial charge in [-0.05, 0) is 43.0 Å². The first kappa shape index (κ1) is 15.0. The Kier molecular flexibility index (Phi) is 5.56. The average molecular weight is 277 g/mol. The lowest BCUT2D eigenvalue weighted by molar-refractivity contribution is 0.0694. The lowest BCUT2D eigenvalue weighted by Crippen LogP contribution is -2.32. The minimum absolute atomic E-state index is 0.287. The van der Waals surface area contributed by atoms with Crippen molar-refractivity contribution in [3.05, 3.63) is 34.9 Å². The van der Waals surface area contributed by atoms with E-state index >= 15 is 0 Å². The van der Waals surface area contributed by atoms with E-state index in [0.717, 1.165) is 62.9 Å². The zero-order valence-electron chi connectivity index (χ0n) is 11.8. The summed E-state index contributed by atoms with van der Waals surface area (Å²) in [5, 5.41) is 17.9. The standard InChI is InChI=1S/C16H23NO3/c18-11-4-2-1-3-9-17-10-8-14-13(12-17)6-5-7-15(14)16(19)20/h5-7,18H,1-4,8-12H2,(H,19,20). The van der Waals surface area contributed by atoms with Crippen molar-refractivity contribution in [2.75, 3.05) is 19.7 Å². The second-order valence-electron chi connectivity index (χ2n) is 5.41. The van der Waals surface area contributed by atoms with E-state index in [4.69, 9.17) is 5.11 Å². The van der Waals surface area contributed by atoms with Gasteiger partial charge in [-0.3, -0.25) is 4.90 Å². The van der Waals surface area contributed by atoms with Crippen molar-refractivity contribution >= 4 is 5.97 Å². The molecule has 1 heterocycles. The van der Waals surface area contributed by atoms with Crippen LogP contribution in [0.5, 0.6) is 0 Å². The lowest BCUT2D eigenvalue weighted by atomic mass is 9.94. The predicted octanol–water partition coefficient (Wildman–Crippen LogP) is 2.30. The number of fused-ring (bicyclic) bond motifs is 1. The molecule has 0 aliphatic carbocycles. The zero-order chi connectivity index (χ0) is 14.4. The normalized spacial score (nSPS) is 15.1. The number of hydrogen-bond acceptors (Lipinski definition) is 3. The van der Waals surface area contributed by atoms with Crippen molar-refractivity contribution in [2.45, 2.75) is 38.6 Å². The summed E-state index contributed by atoms with van der Waals surface area (Å²) < 4.78 is 0. The molecule has 0 spiro atoms. The largest absolute Gasteiger partial charge is 0.478 e. The highest BCUT2D eigenvalue weighted by Crippen LogP contribution is 2.23. The second-order valence-corrected chi connectivity index (χ2v) is 5.41. The smallest absolute Gasteiger partial charge is 0.335 e. The highest BCUT2D eigenvalue weighted by molar-refractivity contribution is 5.89. The topological polar surface area (TPSA) is 60.8 Å². The maximum atomic E-state index is 11.2. The molecule has 0 bridgehead atoms. The highest BCUT2D eigenvalue weighted by Gasteiger charge is 2.20. The van der Waals surface area contributed by atoms with E-state index < -0.39 is 5.97 Å². The van der Waals surface area contributed by atoms with Crippen LogP contribution in [0.25, 0.3) is 0 Å². The first-order chi connectivity index (χ1) is 9.72. The van der Waals surface area contributed by atoms with E-state index in [9.17, 15) is 9.90 Å². The van der Waals surface area contributed by atoms with E-state index in [0.29, 0.717) is 5.56 Å². The second kappa shape index (κ2) is 7.41. The van der Waals surface area contributed by atoms with Crippen LogP contribution < -0.4 is 0 Å². The molecule has 0 unspecified atom stereocenters. The van der Waals surface area contributed by atoms with Crippen molar-refractivity contribution < 1.29 is 15.0 Å². The molecule has 0 radical (unpaired) electrons. The number of aliphatic hydroxyl groups is 1. The third-order valence-electron chi connectivity index (χ3n) is 3.96. The molecule has 0 fully saturated rings. The first-order valence-electron chi connectivity index (χ1n) is 7.39. The molecule has 1 aromatic rings. The van der Waals surface area contributed by atoms with Crippen molar-refractivity contribution in [3.63, 3.8) is 0 Å². The number of nitrogens with zero attached hydrogens (tertiary/aromatic N) is 1. The van der Waals surface area contributed by atoms with Gasteiger partial charge >= 0.3 is 5.97 Å². The van der Waals surface area contributed by atoms with Gasteiger partial charge < -0.3 is 10.2 Å². The molecule has 0 atom stereocenters. The Morgan fingerprint density at radius 3 is 2.75 bits per heavy atom. The fourth-order valence-corrected chi connectivity index (χ4v) is 2.86. The summed E-state index contributed by atoms with van der Waals surface area (Å²) in [6, 6.07) is 5.58. The summed E-state index contributed by atoms with van der Waals surface area (Å²) in [6.45, 7) is 3.14. The van der Waals surface area contributed by atoms with E-state index in [1.807, 2.05) is 12.1 Å². The van der Waals surface area contributed by atoms with Crippen LogP contribution >= 0.6 is 0 Å². The quantitative estimate of drug-likeness (QED) is 0.751. The number of unbranched alkanes of at least 4 members (excludes halogenated alkanes) is 3. The molecule has 4 heteroatoms. The SMILES string of the molecule is O=C(O)c1cccc2c1CCN(CCCCCCO)C2. The maximum Gasteiger partial charge on any atom is 0.335 e. The van der Waals surface area contributed by atoms with Crippen molar-refractivity contribution in [1.29, 1.82) is 0 Å². The Morgan fingerprint density at radius 2 is 2.00 bits per heavy atom. The van der Waals surface area contributed by atoms with E-state index in [2.05, 4.69) is 4.90 Å². The molecule has 20 heavy (non-hydrogen) atoms. The van der Waals surface area contributed by atoms with Crippen LogP contribution in [0.3, 0.4) is 0 Å². The summed E-state index contributed by atoms with van der Waals surface area (Å²) in [6.07, 6.45) is 5.11. The molecule has 0 saturated carbocycles. The maximum absolute atomic E-state index is 11.2. The van der Waals surface area contributed by atoms with Gasteiger partial charge in [0.2, 0.25) is 0 Å². The first-order valence-corrected chi connectivity index (χ1v) is 7.39. The van der Waals surface area contributed by atoms with Gasteiger partial charge in [0.1, 0.15) is 0 Å². The van der Waals surface area contributed by atoms with Gasteiger partial charge in [0, 0.05) is 19.7 Å². The summed E-state index contributed by atoms with van der Waals surface area (Å²) in [5.41, 5.74) is 2.63. The Balaban J connectivity index is 1.88. The van der Waals surface area contributed by atoms with Gasteiger partial charge in [-0.2, -0.15) is 0 Å². The third-order valence-corrected chi connectivity index (χ3v) is 3.96.